The lowest BCUT2D eigenvalue weighted by atomic mass is 10.1. The molecule has 1 atom stereocenters. The van der Waals surface area contributed by atoms with E-state index in [1.807, 2.05) is 11.8 Å². The lowest BCUT2D eigenvalue weighted by Gasteiger charge is -2.26. The van der Waals surface area contributed by atoms with Gasteiger partial charge in [-0.05, 0) is 37.1 Å². The van der Waals surface area contributed by atoms with Gasteiger partial charge in [0.15, 0.2) is 0 Å². The van der Waals surface area contributed by atoms with Gasteiger partial charge in [-0.25, -0.2) is 9.18 Å². The number of rotatable bonds is 6. The van der Waals surface area contributed by atoms with Crippen molar-refractivity contribution in [3.05, 3.63) is 35.6 Å². The summed E-state index contributed by atoms with van der Waals surface area (Å²) in [7, 11) is 0. The van der Waals surface area contributed by atoms with Gasteiger partial charge in [-0.2, -0.15) is 0 Å². The number of halogens is 2. The van der Waals surface area contributed by atoms with Crippen LogP contribution in [0.5, 0.6) is 0 Å². The number of carbonyl (C=O) groups excluding carboxylic acids is 2. The standard InChI is InChI=1S/C18H27FN4O2.ClH/c1-2-4-16(17(24)23-11-3-9-20-10-12-23)22-18(25)21-13-14-5-7-15(19)8-6-14;/h5-8,16,20H,2-4,9-13H2,1H3,(H2,21,22,25);1H. The van der Waals surface area contributed by atoms with Crippen LogP contribution in [-0.2, 0) is 11.3 Å². The van der Waals surface area contributed by atoms with E-state index in [-0.39, 0.29) is 36.7 Å². The molecule has 2 rings (SSSR count). The molecule has 1 aromatic rings. The Bertz CT molecular complexity index is 563. The minimum absolute atomic E-state index is 0. The van der Waals surface area contributed by atoms with Crippen molar-refractivity contribution in [1.29, 1.82) is 0 Å². The van der Waals surface area contributed by atoms with Crippen LogP contribution in [0, 0.1) is 5.82 Å². The molecule has 1 aromatic carbocycles. The Hall–Kier alpha value is -1.86. The maximum atomic E-state index is 12.9. The molecule has 26 heavy (non-hydrogen) atoms. The minimum Gasteiger partial charge on any atom is -0.340 e. The summed E-state index contributed by atoms with van der Waals surface area (Å²) in [6, 6.07) is 5.04. The molecule has 0 bridgehead atoms. The largest absolute Gasteiger partial charge is 0.340 e. The number of hydrogen-bond acceptors (Lipinski definition) is 3. The van der Waals surface area contributed by atoms with Crippen LogP contribution in [0.2, 0.25) is 0 Å². The Labute approximate surface area is 160 Å². The van der Waals surface area contributed by atoms with Crippen molar-refractivity contribution >= 4 is 24.3 Å². The van der Waals surface area contributed by atoms with Crippen LogP contribution in [0.3, 0.4) is 0 Å². The quantitative estimate of drug-likeness (QED) is 0.700. The highest BCUT2D eigenvalue weighted by Gasteiger charge is 2.25. The molecule has 3 N–H and O–H groups in total. The van der Waals surface area contributed by atoms with Crippen LogP contribution in [0.25, 0.3) is 0 Å². The van der Waals surface area contributed by atoms with E-state index in [0.717, 1.165) is 31.5 Å². The molecule has 0 saturated carbocycles. The molecule has 1 aliphatic heterocycles. The Balaban J connectivity index is 0.00000338. The van der Waals surface area contributed by atoms with Gasteiger partial charge >= 0.3 is 6.03 Å². The minimum atomic E-state index is -0.517. The SMILES string of the molecule is CCCC(NC(=O)NCc1ccc(F)cc1)C(=O)N1CCCNCC1.Cl. The van der Waals surface area contributed by atoms with E-state index in [1.54, 1.807) is 12.1 Å². The highest BCUT2D eigenvalue weighted by Crippen LogP contribution is 2.06. The first-order chi connectivity index (χ1) is 12.1. The summed E-state index contributed by atoms with van der Waals surface area (Å²) in [5.74, 6) is -0.337. The Kier molecular flexibility index (Phi) is 9.98. The first kappa shape index (κ1) is 22.2. The molecule has 8 heteroatoms. The van der Waals surface area contributed by atoms with Crippen LogP contribution in [-0.4, -0.2) is 49.1 Å². The predicted molar refractivity (Wildman–Crippen MR) is 102 cm³/mol. The summed E-state index contributed by atoms with van der Waals surface area (Å²) in [5.41, 5.74) is 0.800. The highest BCUT2D eigenvalue weighted by atomic mass is 35.5. The summed E-state index contributed by atoms with van der Waals surface area (Å²) in [4.78, 5) is 26.7. The Morgan fingerprint density at radius 3 is 2.65 bits per heavy atom. The van der Waals surface area contributed by atoms with Gasteiger partial charge in [0.05, 0.1) is 0 Å². The van der Waals surface area contributed by atoms with Crippen LogP contribution in [0.1, 0.15) is 31.7 Å². The van der Waals surface area contributed by atoms with Crippen molar-refractivity contribution in [3.63, 3.8) is 0 Å². The molecule has 1 saturated heterocycles. The van der Waals surface area contributed by atoms with E-state index in [9.17, 15) is 14.0 Å². The number of urea groups is 1. The second-order valence-electron chi connectivity index (χ2n) is 6.22. The number of benzene rings is 1. The van der Waals surface area contributed by atoms with Gasteiger partial charge in [-0.3, -0.25) is 4.79 Å². The third-order valence-electron chi connectivity index (χ3n) is 4.20. The van der Waals surface area contributed by atoms with Gasteiger partial charge in [-0.15, -0.1) is 12.4 Å². The fraction of sp³-hybridized carbons (Fsp3) is 0.556. The maximum Gasteiger partial charge on any atom is 0.315 e. The number of nitrogens with one attached hydrogen (secondary N) is 3. The highest BCUT2D eigenvalue weighted by molar-refractivity contribution is 5.87. The molecule has 0 radical (unpaired) electrons. The van der Waals surface area contributed by atoms with E-state index < -0.39 is 6.04 Å². The van der Waals surface area contributed by atoms with Crippen molar-refractivity contribution in [2.45, 2.75) is 38.8 Å². The van der Waals surface area contributed by atoms with Crippen LogP contribution < -0.4 is 16.0 Å². The van der Waals surface area contributed by atoms with E-state index >= 15 is 0 Å². The molecule has 1 fully saturated rings. The van der Waals surface area contributed by atoms with Crippen LogP contribution >= 0.6 is 12.4 Å². The summed E-state index contributed by atoms with van der Waals surface area (Å²) in [5, 5.41) is 8.77. The number of nitrogens with zero attached hydrogens (tertiary/aromatic N) is 1. The zero-order chi connectivity index (χ0) is 18.1. The fourth-order valence-electron chi connectivity index (χ4n) is 2.83. The molecule has 1 unspecified atom stereocenters. The van der Waals surface area contributed by atoms with E-state index in [0.29, 0.717) is 19.5 Å². The number of amides is 3. The first-order valence-corrected chi connectivity index (χ1v) is 8.88. The summed E-state index contributed by atoms with van der Waals surface area (Å²) in [6.07, 6.45) is 2.33. The van der Waals surface area contributed by atoms with Crippen molar-refractivity contribution in [3.8, 4) is 0 Å². The van der Waals surface area contributed by atoms with Gasteiger partial charge in [0, 0.05) is 26.2 Å². The zero-order valence-corrected chi connectivity index (χ0v) is 15.9. The fourth-order valence-corrected chi connectivity index (χ4v) is 2.83. The van der Waals surface area contributed by atoms with Gasteiger partial charge in [0.2, 0.25) is 5.91 Å². The summed E-state index contributed by atoms with van der Waals surface area (Å²) >= 11 is 0. The normalized spacial score (nSPS) is 15.4. The second-order valence-corrected chi connectivity index (χ2v) is 6.22. The maximum absolute atomic E-state index is 12.9. The van der Waals surface area contributed by atoms with Gasteiger partial charge in [-0.1, -0.05) is 25.5 Å². The second kappa shape index (κ2) is 11.7. The van der Waals surface area contributed by atoms with E-state index in [4.69, 9.17) is 0 Å². The average Bonchev–Trinajstić information content (AvgIpc) is 2.89. The van der Waals surface area contributed by atoms with Crippen molar-refractivity contribution in [2.24, 2.45) is 0 Å². The average molecular weight is 387 g/mol. The van der Waals surface area contributed by atoms with Crippen molar-refractivity contribution in [2.75, 3.05) is 26.2 Å². The van der Waals surface area contributed by atoms with Crippen molar-refractivity contribution < 1.29 is 14.0 Å². The number of carbonyl (C=O) groups is 2. The molecule has 146 valence electrons. The Morgan fingerprint density at radius 1 is 1.23 bits per heavy atom. The number of hydrogen-bond donors (Lipinski definition) is 3. The molecule has 3 amide bonds. The van der Waals surface area contributed by atoms with Crippen molar-refractivity contribution in [1.82, 2.24) is 20.9 Å². The van der Waals surface area contributed by atoms with Crippen LogP contribution in [0.4, 0.5) is 9.18 Å². The topological polar surface area (TPSA) is 73.5 Å². The molecule has 6 nitrogen and oxygen atoms in total. The Morgan fingerprint density at radius 2 is 1.96 bits per heavy atom. The lowest BCUT2D eigenvalue weighted by Crippen LogP contribution is -2.51. The molecular formula is C18H28ClFN4O2. The first-order valence-electron chi connectivity index (χ1n) is 8.88. The zero-order valence-electron chi connectivity index (χ0n) is 15.1. The van der Waals surface area contributed by atoms with E-state index in [1.165, 1.54) is 12.1 Å². The van der Waals surface area contributed by atoms with Gasteiger partial charge in [0.1, 0.15) is 11.9 Å². The lowest BCUT2D eigenvalue weighted by molar-refractivity contribution is -0.133. The van der Waals surface area contributed by atoms with E-state index in [2.05, 4.69) is 16.0 Å². The third kappa shape index (κ3) is 7.17. The summed E-state index contributed by atoms with van der Waals surface area (Å²) < 4.78 is 12.9. The molecular weight excluding hydrogens is 359 g/mol. The van der Waals surface area contributed by atoms with Gasteiger partial charge < -0.3 is 20.9 Å². The predicted octanol–water partition coefficient (Wildman–Crippen LogP) is 2.04. The molecule has 0 aromatic heterocycles. The van der Waals surface area contributed by atoms with Gasteiger partial charge in [0.25, 0.3) is 0 Å². The smallest absolute Gasteiger partial charge is 0.315 e. The monoisotopic (exact) mass is 386 g/mol. The molecule has 0 aliphatic carbocycles. The third-order valence-corrected chi connectivity index (χ3v) is 4.20. The van der Waals surface area contributed by atoms with Crippen LogP contribution in [0.15, 0.2) is 24.3 Å². The molecule has 1 heterocycles. The molecule has 0 spiro atoms. The molecule has 1 aliphatic rings. The summed E-state index contributed by atoms with van der Waals surface area (Å²) in [6.45, 7) is 5.34.